The van der Waals surface area contributed by atoms with E-state index in [0.717, 1.165) is 12.1 Å². The van der Waals surface area contributed by atoms with E-state index in [9.17, 15) is 19.3 Å². The van der Waals surface area contributed by atoms with Crippen LogP contribution in [0.2, 0.25) is 0 Å². The molecule has 0 aromatic heterocycles. The Labute approximate surface area is 108 Å². The number of rotatable bonds is 2. The second-order valence-electron chi connectivity index (χ2n) is 4.15. The lowest BCUT2D eigenvalue weighted by molar-refractivity contribution is -0.384. The number of carbonyl (C=O) groups is 1. The Bertz CT molecular complexity index is 515. The summed E-state index contributed by atoms with van der Waals surface area (Å²) in [5.41, 5.74) is 0.0141. The summed E-state index contributed by atoms with van der Waals surface area (Å²) in [5.74, 6) is -0.667. The summed E-state index contributed by atoms with van der Waals surface area (Å²) in [6, 6.07) is 3.38. The van der Waals surface area contributed by atoms with Crippen molar-refractivity contribution >= 4 is 17.5 Å². The number of nitro benzene ring substituents is 1. The van der Waals surface area contributed by atoms with Crippen LogP contribution in [0.1, 0.15) is 0 Å². The van der Waals surface area contributed by atoms with Gasteiger partial charge in [-0.15, -0.1) is 0 Å². The van der Waals surface area contributed by atoms with Crippen molar-refractivity contribution in [3.8, 4) is 0 Å². The molecule has 1 aromatic rings. The number of hydrogen-bond donors (Lipinski definition) is 1. The second-order valence-corrected chi connectivity index (χ2v) is 4.15. The van der Waals surface area contributed by atoms with E-state index in [2.05, 4.69) is 0 Å². The maximum Gasteiger partial charge on any atom is 0.407 e. The minimum absolute atomic E-state index is 0.268. The molecule has 1 N–H and O–H groups in total. The Morgan fingerprint density at radius 2 is 1.95 bits per heavy atom. The lowest BCUT2D eigenvalue weighted by Gasteiger charge is -2.34. The molecule has 1 fully saturated rings. The first-order valence-electron chi connectivity index (χ1n) is 5.66. The largest absolute Gasteiger partial charge is 0.465 e. The molecular formula is C11H12FN3O4. The number of nitrogens with zero attached hydrogens (tertiary/aromatic N) is 3. The number of piperazine rings is 1. The summed E-state index contributed by atoms with van der Waals surface area (Å²) in [6.45, 7) is 1.23. The van der Waals surface area contributed by atoms with Gasteiger partial charge in [0.15, 0.2) is 0 Å². The Kier molecular flexibility index (Phi) is 3.50. The zero-order valence-electron chi connectivity index (χ0n) is 9.95. The summed E-state index contributed by atoms with van der Waals surface area (Å²) >= 11 is 0. The van der Waals surface area contributed by atoms with Gasteiger partial charge in [0.05, 0.1) is 11.0 Å². The van der Waals surface area contributed by atoms with Crippen LogP contribution < -0.4 is 4.90 Å². The fraction of sp³-hybridized carbons (Fsp3) is 0.364. The van der Waals surface area contributed by atoms with E-state index in [-0.39, 0.29) is 18.8 Å². The molecule has 2 rings (SSSR count). The van der Waals surface area contributed by atoms with Crippen LogP contribution in [0.3, 0.4) is 0 Å². The van der Waals surface area contributed by atoms with Crippen molar-refractivity contribution in [3.05, 3.63) is 34.1 Å². The first-order chi connectivity index (χ1) is 8.99. The maximum absolute atomic E-state index is 13.0. The SMILES string of the molecule is O=C(O)N1CCN(c2ccc(F)cc2[N+](=O)[O-])CC1. The third-order valence-corrected chi connectivity index (χ3v) is 3.03. The minimum atomic E-state index is -1.01. The third kappa shape index (κ3) is 2.72. The van der Waals surface area contributed by atoms with Gasteiger partial charge in [-0.25, -0.2) is 9.18 Å². The number of halogens is 1. The van der Waals surface area contributed by atoms with Crippen molar-refractivity contribution in [1.82, 2.24) is 4.90 Å². The molecule has 0 radical (unpaired) electrons. The monoisotopic (exact) mass is 269 g/mol. The average molecular weight is 269 g/mol. The van der Waals surface area contributed by atoms with Crippen molar-refractivity contribution in [2.45, 2.75) is 0 Å². The van der Waals surface area contributed by atoms with Crippen LogP contribution in [0, 0.1) is 15.9 Å². The summed E-state index contributed by atoms with van der Waals surface area (Å²) < 4.78 is 13.0. The smallest absolute Gasteiger partial charge is 0.407 e. The average Bonchev–Trinajstić information content (AvgIpc) is 2.38. The molecule has 1 aliphatic heterocycles. The van der Waals surface area contributed by atoms with Gasteiger partial charge in [-0.2, -0.15) is 0 Å². The highest BCUT2D eigenvalue weighted by Crippen LogP contribution is 2.29. The van der Waals surface area contributed by atoms with Gasteiger partial charge in [0.2, 0.25) is 0 Å². The van der Waals surface area contributed by atoms with E-state index in [1.165, 1.54) is 11.0 Å². The van der Waals surface area contributed by atoms with Gasteiger partial charge >= 0.3 is 6.09 Å². The van der Waals surface area contributed by atoms with Crippen LogP contribution in [-0.2, 0) is 0 Å². The highest BCUT2D eigenvalue weighted by atomic mass is 19.1. The van der Waals surface area contributed by atoms with Crippen molar-refractivity contribution in [2.24, 2.45) is 0 Å². The molecule has 0 bridgehead atoms. The highest BCUT2D eigenvalue weighted by Gasteiger charge is 2.25. The van der Waals surface area contributed by atoms with E-state index in [0.29, 0.717) is 18.8 Å². The lowest BCUT2D eigenvalue weighted by atomic mass is 10.2. The quantitative estimate of drug-likeness (QED) is 0.650. The Morgan fingerprint density at radius 1 is 1.32 bits per heavy atom. The number of nitro groups is 1. The van der Waals surface area contributed by atoms with Gasteiger partial charge in [-0.3, -0.25) is 10.1 Å². The van der Waals surface area contributed by atoms with Gasteiger partial charge in [0.25, 0.3) is 5.69 Å². The predicted octanol–water partition coefficient (Wildman–Crippen LogP) is 1.53. The zero-order chi connectivity index (χ0) is 14.0. The van der Waals surface area contributed by atoms with Crippen LogP contribution in [-0.4, -0.2) is 47.2 Å². The Hall–Kier alpha value is -2.38. The minimum Gasteiger partial charge on any atom is -0.465 e. The van der Waals surface area contributed by atoms with Crippen LogP contribution in [0.25, 0.3) is 0 Å². The molecule has 7 nitrogen and oxygen atoms in total. The van der Waals surface area contributed by atoms with E-state index in [4.69, 9.17) is 5.11 Å². The van der Waals surface area contributed by atoms with Gasteiger partial charge < -0.3 is 14.9 Å². The number of amides is 1. The van der Waals surface area contributed by atoms with Gasteiger partial charge in [-0.1, -0.05) is 0 Å². The standard InChI is InChI=1S/C11H12FN3O4/c12-8-1-2-9(10(7-8)15(18)19)13-3-5-14(6-4-13)11(16)17/h1-2,7H,3-6H2,(H,16,17). The summed E-state index contributed by atoms with van der Waals surface area (Å²) in [6.07, 6.45) is -1.01. The number of carboxylic acid groups (broad SMARTS) is 1. The Balaban J connectivity index is 2.20. The fourth-order valence-corrected chi connectivity index (χ4v) is 2.05. The summed E-state index contributed by atoms with van der Waals surface area (Å²) in [4.78, 5) is 24.0. The molecule has 0 unspecified atom stereocenters. The van der Waals surface area contributed by atoms with Crippen LogP contribution >= 0.6 is 0 Å². The van der Waals surface area contributed by atoms with E-state index in [1.54, 1.807) is 4.90 Å². The molecule has 1 aliphatic rings. The molecular weight excluding hydrogens is 257 g/mol. The molecule has 0 spiro atoms. The molecule has 0 atom stereocenters. The molecule has 1 saturated heterocycles. The number of hydrogen-bond acceptors (Lipinski definition) is 4. The first kappa shape index (κ1) is 13.1. The van der Waals surface area contributed by atoms with Crippen molar-refractivity contribution in [2.75, 3.05) is 31.1 Å². The predicted molar refractivity (Wildman–Crippen MR) is 64.9 cm³/mol. The normalized spacial score (nSPS) is 15.4. The molecule has 1 heterocycles. The molecule has 0 saturated carbocycles. The van der Waals surface area contributed by atoms with E-state index < -0.39 is 16.8 Å². The lowest BCUT2D eigenvalue weighted by Crippen LogP contribution is -2.48. The number of benzene rings is 1. The van der Waals surface area contributed by atoms with E-state index in [1.807, 2.05) is 0 Å². The van der Waals surface area contributed by atoms with E-state index >= 15 is 0 Å². The summed E-state index contributed by atoms with van der Waals surface area (Å²) in [7, 11) is 0. The highest BCUT2D eigenvalue weighted by molar-refractivity contribution is 5.67. The Morgan fingerprint density at radius 3 is 2.47 bits per heavy atom. The van der Waals surface area contributed by atoms with Crippen molar-refractivity contribution < 1.29 is 19.2 Å². The summed E-state index contributed by atoms with van der Waals surface area (Å²) in [5, 5.41) is 19.7. The first-order valence-corrected chi connectivity index (χ1v) is 5.66. The van der Waals surface area contributed by atoms with Gasteiger partial charge in [0.1, 0.15) is 11.5 Å². The molecule has 19 heavy (non-hydrogen) atoms. The zero-order valence-corrected chi connectivity index (χ0v) is 9.95. The molecule has 1 amide bonds. The molecule has 0 aliphatic carbocycles. The second kappa shape index (κ2) is 5.09. The fourth-order valence-electron chi connectivity index (χ4n) is 2.05. The third-order valence-electron chi connectivity index (χ3n) is 3.03. The van der Waals surface area contributed by atoms with Gasteiger partial charge in [-0.05, 0) is 12.1 Å². The van der Waals surface area contributed by atoms with Crippen LogP contribution in [0.4, 0.5) is 20.6 Å². The molecule has 102 valence electrons. The van der Waals surface area contributed by atoms with Crippen LogP contribution in [0.15, 0.2) is 18.2 Å². The molecule has 1 aromatic carbocycles. The van der Waals surface area contributed by atoms with Crippen LogP contribution in [0.5, 0.6) is 0 Å². The maximum atomic E-state index is 13.0. The number of anilines is 1. The molecule has 8 heteroatoms. The van der Waals surface area contributed by atoms with Crippen molar-refractivity contribution in [1.29, 1.82) is 0 Å². The topological polar surface area (TPSA) is 86.9 Å². The van der Waals surface area contributed by atoms with Gasteiger partial charge in [0, 0.05) is 26.2 Å². The van der Waals surface area contributed by atoms with Crippen molar-refractivity contribution in [3.63, 3.8) is 0 Å².